The van der Waals surface area contributed by atoms with Crippen molar-refractivity contribution in [3.8, 4) is 0 Å². The van der Waals surface area contributed by atoms with E-state index < -0.39 is 0 Å². The molecule has 3 aliphatic heterocycles. The van der Waals surface area contributed by atoms with Gasteiger partial charge in [0, 0.05) is 35.9 Å². The molecule has 37 heavy (non-hydrogen) atoms. The Morgan fingerprint density at radius 1 is 0.919 bits per heavy atom. The Kier molecular flexibility index (Phi) is 7.89. The van der Waals surface area contributed by atoms with Gasteiger partial charge in [-0.1, -0.05) is 84.9 Å². The monoisotopic (exact) mass is 554 g/mol. The van der Waals surface area contributed by atoms with Crippen LogP contribution < -0.4 is 17.0 Å². The third kappa shape index (κ3) is 5.16. The highest BCUT2D eigenvalue weighted by Crippen LogP contribution is 2.49. The van der Waals surface area contributed by atoms with Crippen molar-refractivity contribution in [1.29, 1.82) is 0 Å². The fourth-order valence-electron chi connectivity index (χ4n) is 6.85. The number of piperidine rings is 3. The SMILES string of the molecule is C=C[C@H]1C[N@+]2(Cc3ccccc3)CC[C@H]1C[C@H]2[C@H](OCc1ccccc1)c1ccnc2ccccc12.[Br-]. The molecule has 0 N–H and O–H groups in total. The Labute approximate surface area is 231 Å². The van der Waals surface area contributed by atoms with Gasteiger partial charge in [-0.05, 0) is 29.2 Å². The first-order valence-corrected chi connectivity index (χ1v) is 13.3. The number of benzene rings is 3. The van der Waals surface area contributed by atoms with Gasteiger partial charge in [-0.3, -0.25) is 4.98 Å². The zero-order chi connectivity index (χ0) is 24.4. The summed E-state index contributed by atoms with van der Waals surface area (Å²) in [7, 11) is 0. The summed E-state index contributed by atoms with van der Waals surface area (Å²) < 4.78 is 8.04. The number of rotatable bonds is 8. The molecule has 0 unspecified atom stereocenters. The maximum atomic E-state index is 6.98. The van der Waals surface area contributed by atoms with Gasteiger partial charge in [0.25, 0.3) is 0 Å². The number of fused-ring (bicyclic) bond motifs is 4. The second-order valence-corrected chi connectivity index (χ2v) is 10.7. The van der Waals surface area contributed by atoms with Crippen molar-refractivity contribution in [2.24, 2.45) is 11.8 Å². The average Bonchev–Trinajstić information content (AvgIpc) is 2.94. The van der Waals surface area contributed by atoms with Crippen LogP contribution in [0.5, 0.6) is 0 Å². The largest absolute Gasteiger partial charge is 1.00 e. The van der Waals surface area contributed by atoms with Crippen LogP contribution in [0.1, 0.15) is 35.6 Å². The van der Waals surface area contributed by atoms with E-state index in [9.17, 15) is 0 Å². The third-order valence-electron chi connectivity index (χ3n) is 8.63. The maximum absolute atomic E-state index is 6.98. The van der Waals surface area contributed by atoms with Gasteiger partial charge in [-0.15, -0.1) is 6.58 Å². The highest BCUT2D eigenvalue weighted by Gasteiger charge is 2.54. The van der Waals surface area contributed by atoms with Crippen molar-refractivity contribution in [3.63, 3.8) is 0 Å². The summed E-state index contributed by atoms with van der Waals surface area (Å²) in [4.78, 5) is 4.67. The average molecular weight is 556 g/mol. The molecular formula is C33H35BrN2O. The maximum Gasteiger partial charge on any atom is 0.135 e. The highest BCUT2D eigenvalue weighted by atomic mass is 79.9. The highest BCUT2D eigenvalue weighted by molar-refractivity contribution is 5.82. The lowest BCUT2D eigenvalue weighted by Crippen LogP contribution is -3.00. The molecule has 5 atom stereocenters. The van der Waals surface area contributed by atoms with Gasteiger partial charge < -0.3 is 26.2 Å². The zero-order valence-electron chi connectivity index (χ0n) is 21.3. The number of quaternary nitrogens is 1. The first-order chi connectivity index (χ1) is 17.8. The number of para-hydroxylation sites is 1. The van der Waals surface area contributed by atoms with E-state index in [1.165, 1.54) is 41.5 Å². The van der Waals surface area contributed by atoms with Gasteiger partial charge in [0.05, 0.1) is 25.2 Å². The predicted molar refractivity (Wildman–Crippen MR) is 146 cm³/mol. The first kappa shape index (κ1) is 25.8. The summed E-state index contributed by atoms with van der Waals surface area (Å²) in [6, 6.07) is 32.7. The molecule has 2 bridgehead atoms. The smallest absolute Gasteiger partial charge is 0.135 e. The molecule has 0 radical (unpaired) electrons. The van der Waals surface area contributed by atoms with E-state index in [1.54, 1.807) is 0 Å². The van der Waals surface area contributed by atoms with E-state index in [2.05, 4.69) is 109 Å². The van der Waals surface area contributed by atoms with Crippen LogP contribution in [-0.4, -0.2) is 28.6 Å². The van der Waals surface area contributed by atoms with E-state index in [4.69, 9.17) is 4.74 Å². The van der Waals surface area contributed by atoms with Crippen LogP contribution in [0.25, 0.3) is 10.9 Å². The van der Waals surface area contributed by atoms with E-state index in [-0.39, 0.29) is 23.1 Å². The summed E-state index contributed by atoms with van der Waals surface area (Å²) in [5, 5.41) is 1.21. The molecule has 0 spiro atoms. The molecule has 4 heteroatoms. The standard InChI is InChI=1S/C33H35N2O.BrH/c1-2-27-23-35(22-25-11-5-3-6-12-25)20-18-28(27)21-32(35)33(36-24-26-13-7-4-8-14-26)30-17-19-34-31-16-10-9-15-29(30)31;/h2-17,19,27-28,32-33H,1,18,20-24H2;1H/q+1;/p-1/t27-,28-,32-,33+,35+;/m0./s1. The molecule has 0 saturated carbocycles. The van der Waals surface area contributed by atoms with Gasteiger partial charge >= 0.3 is 0 Å². The van der Waals surface area contributed by atoms with Crippen molar-refractivity contribution < 1.29 is 26.2 Å². The second-order valence-electron chi connectivity index (χ2n) is 10.7. The fourth-order valence-corrected chi connectivity index (χ4v) is 6.85. The first-order valence-electron chi connectivity index (χ1n) is 13.3. The summed E-state index contributed by atoms with van der Waals surface area (Å²) in [5.74, 6) is 1.25. The van der Waals surface area contributed by atoms with Crippen LogP contribution in [0.4, 0.5) is 0 Å². The quantitative estimate of drug-likeness (QED) is 0.241. The summed E-state index contributed by atoms with van der Waals surface area (Å²) in [6.07, 6.45) is 6.61. The van der Waals surface area contributed by atoms with Crippen LogP contribution in [0.3, 0.4) is 0 Å². The van der Waals surface area contributed by atoms with Crippen LogP contribution in [0.2, 0.25) is 0 Å². The molecule has 0 aliphatic carbocycles. The molecule has 0 amide bonds. The Morgan fingerprint density at radius 2 is 1.62 bits per heavy atom. The van der Waals surface area contributed by atoms with Crippen molar-refractivity contribution in [3.05, 3.63) is 127 Å². The van der Waals surface area contributed by atoms with E-state index in [1.807, 2.05) is 6.20 Å². The van der Waals surface area contributed by atoms with Gasteiger partial charge in [0.15, 0.2) is 0 Å². The Hall–Kier alpha value is -2.79. The lowest BCUT2D eigenvalue weighted by Gasteiger charge is -2.58. The number of pyridine rings is 1. The molecule has 7 rings (SSSR count). The van der Waals surface area contributed by atoms with E-state index >= 15 is 0 Å². The Morgan fingerprint density at radius 3 is 2.38 bits per heavy atom. The van der Waals surface area contributed by atoms with Gasteiger partial charge in [0.2, 0.25) is 0 Å². The lowest BCUT2D eigenvalue weighted by atomic mass is 9.71. The van der Waals surface area contributed by atoms with Gasteiger partial charge in [0.1, 0.15) is 18.7 Å². The Balaban J connectivity index is 0.00000280. The molecule has 3 aromatic carbocycles. The molecule has 3 saturated heterocycles. The molecule has 1 aromatic heterocycles. The molecule has 4 heterocycles. The van der Waals surface area contributed by atoms with Crippen LogP contribution >= 0.6 is 0 Å². The zero-order valence-corrected chi connectivity index (χ0v) is 22.8. The summed E-state index contributed by atoms with van der Waals surface area (Å²) in [5.41, 5.74) is 4.94. The molecular weight excluding hydrogens is 520 g/mol. The van der Waals surface area contributed by atoms with E-state index in [0.29, 0.717) is 24.5 Å². The molecule has 190 valence electrons. The molecule has 3 nitrogen and oxygen atoms in total. The van der Waals surface area contributed by atoms with Gasteiger partial charge in [-0.25, -0.2) is 0 Å². The van der Waals surface area contributed by atoms with Crippen LogP contribution in [0.15, 0.2) is 110 Å². The lowest BCUT2D eigenvalue weighted by molar-refractivity contribution is -0.985. The number of nitrogens with zero attached hydrogens (tertiary/aromatic N) is 2. The number of ether oxygens (including phenoxy) is 1. The van der Waals surface area contributed by atoms with Crippen molar-refractivity contribution in [1.82, 2.24) is 4.98 Å². The summed E-state index contributed by atoms with van der Waals surface area (Å²) >= 11 is 0. The van der Waals surface area contributed by atoms with Crippen molar-refractivity contribution in [2.75, 3.05) is 13.1 Å². The van der Waals surface area contributed by atoms with Crippen molar-refractivity contribution in [2.45, 2.75) is 38.1 Å². The van der Waals surface area contributed by atoms with Crippen LogP contribution in [-0.2, 0) is 17.9 Å². The topological polar surface area (TPSA) is 22.1 Å². The minimum atomic E-state index is -0.00427. The number of hydrogen-bond acceptors (Lipinski definition) is 2. The predicted octanol–water partition coefficient (Wildman–Crippen LogP) is 4.11. The van der Waals surface area contributed by atoms with Gasteiger partial charge in [-0.2, -0.15) is 0 Å². The minimum Gasteiger partial charge on any atom is -1.00 e. The molecule has 3 fully saturated rings. The third-order valence-corrected chi connectivity index (χ3v) is 8.63. The number of aromatic nitrogens is 1. The van der Waals surface area contributed by atoms with Crippen molar-refractivity contribution >= 4 is 10.9 Å². The normalized spacial score (nSPS) is 25.4. The summed E-state index contributed by atoms with van der Waals surface area (Å²) in [6.45, 7) is 8.22. The Bertz CT molecular complexity index is 1320. The molecule has 4 aromatic rings. The fraction of sp³-hybridized carbons (Fsp3) is 0.303. The molecule has 3 aliphatic rings. The second kappa shape index (κ2) is 11.3. The van der Waals surface area contributed by atoms with E-state index in [0.717, 1.165) is 23.1 Å². The number of halogens is 1. The van der Waals surface area contributed by atoms with Crippen LogP contribution in [0, 0.1) is 11.8 Å². The minimum absolute atomic E-state index is 0. The number of hydrogen-bond donors (Lipinski definition) is 0.